The summed E-state index contributed by atoms with van der Waals surface area (Å²) in [5.41, 5.74) is 1.50. The van der Waals surface area contributed by atoms with Gasteiger partial charge < -0.3 is 24.8 Å². The second-order valence-corrected chi connectivity index (χ2v) is 9.62. The highest BCUT2D eigenvalue weighted by molar-refractivity contribution is 5.98. The molecule has 2 aromatic rings. The molecule has 0 aliphatic carbocycles. The number of carbonyl (C=O) groups is 2. The number of ether oxygens (including phenoxy) is 1. The number of likely N-dealkylation sites (N-methyl/N-ethyl adjacent to an activating group) is 1. The number of likely N-dealkylation sites (tertiary alicyclic amines) is 1. The third-order valence-corrected chi connectivity index (χ3v) is 7.65. The molecule has 34 heavy (non-hydrogen) atoms. The van der Waals surface area contributed by atoms with Crippen molar-refractivity contribution in [2.24, 2.45) is 11.8 Å². The number of aromatic amines is 1. The number of nitrogens with zero attached hydrogens (tertiary/aromatic N) is 3. The normalized spacial score (nSPS) is 19.3. The molecule has 2 saturated heterocycles. The number of fused-ring (bicyclic) bond motifs is 1. The maximum absolute atomic E-state index is 13.0. The van der Waals surface area contributed by atoms with Gasteiger partial charge in [0.2, 0.25) is 5.91 Å². The minimum Gasteiger partial charge on any atom is -0.497 e. The first-order chi connectivity index (χ1) is 16.5. The minimum absolute atomic E-state index is 0.0221. The van der Waals surface area contributed by atoms with E-state index >= 15 is 0 Å². The molecule has 8 heteroatoms. The summed E-state index contributed by atoms with van der Waals surface area (Å²) >= 11 is 0. The molecular weight excluding hydrogens is 430 g/mol. The maximum atomic E-state index is 13.0. The Labute approximate surface area is 202 Å². The molecule has 2 fully saturated rings. The van der Waals surface area contributed by atoms with Gasteiger partial charge in [0, 0.05) is 75.2 Å². The van der Waals surface area contributed by atoms with Crippen LogP contribution in [0.25, 0.3) is 10.9 Å². The number of piperazine rings is 1. The summed E-state index contributed by atoms with van der Waals surface area (Å²) < 4.78 is 5.27. The summed E-state index contributed by atoms with van der Waals surface area (Å²) in [7, 11) is 1.64. The van der Waals surface area contributed by atoms with Gasteiger partial charge in [-0.1, -0.05) is 13.8 Å². The Hall–Kier alpha value is -2.58. The van der Waals surface area contributed by atoms with E-state index in [0.29, 0.717) is 31.2 Å². The SMILES string of the molecule is CCN1CCN(CCNC(=O)C(C)C2CCN(C(=O)c3cc4ccc(OC)cc4[nH]3)CC2)CC1. The van der Waals surface area contributed by atoms with Gasteiger partial charge in [0.05, 0.1) is 7.11 Å². The number of hydrogen-bond acceptors (Lipinski definition) is 5. The van der Waals surface area contributed by atoms with Crippen molar-refractivity contribution in [3.05, 3.63) is 30.0 Å². The van der Waals surface area contributed by atoms with Crippen LogP contribution < -0.4 is 10.1 Å². The van der Waals surface area contributed by atoms with E-state index in [4.69, 9.17) is 4.74 Å². The predicted octanol–water partition coefficient (Wildman–Crippen LogP) is 2.42. The Kier molecular flexibility index (Phi) is 8.11. The lowest BCUT2D eigenvalue weighted by molar-refractivity contribution is -0.126. The summed E-state index contributed by atoms with van der Waals surface area (Å²) in [6.45, 7) is 12.7. The zero-order valence-corrected chi connectivity index (χ0v) is 20.8. The molecule has 1 atom stereocenters. The van der Waals surface area contributed by atoms with Crippen molar-refractivity contribution < 1.29 is 14.3 Å². The van der Waals surface area contributed by atoms with Gasteiger partial charge in [-0.3, -0.25) is 14.5 Å². The first kappa shape index (κ1) is 24.5. The van der Waals surface area contributed by atoms with E-state index in [1.165, 1.54) is 0 Å². The average molecular weight is 470 g/mol. The molecule has 4 rings (SSSR count). The van der Waals surface area contributed by atoms with Crippen LogP contribution in [0, 0.1) is 11.8 Å². The van der Waals surface area contributed by atoms with Gasteiger partial charge in [-0.2, -0.15) is 0 Å². The molecule has 0 spiro atoms. The molecule has 186 valence electrons. The van der Waals surface area contributed by atoms with Crippen molar-refractivity contribution in [1.82, 2.24) is 25.0 Å². The Morgan fingerprint density at radius 3 is 2.47 bits per heavy atom. The Morgan fingerprint density at radius 1 is 1.09 bits per heavy atom. The summed E-state index contributed by atoms with van der Waals surface area (Å²) in [5, 5.41) is 4.14. The highest BCUT2D eigenvalue weighted by atomic mass is 16.5. The van der Waals surface area contributed by atoms with Gasteiger partial charge in [-0.15, -0.1) is 0 Å². The molecule has 2 aliphatic rings. The second kappa shape index (κ2) is 11.2. The molecule has 2 aliphatic heterocycles. The number of rotatable bonds is 8. The number of methoxy groups -OCH3 is 1. The first-order valence-corrected chi connectivity index (χ1v) is 12.7. The van der Waals surface area contributed by atoms with Crippen LogP contribution in [0.15, 0.2) is 24.3 Å². The lowest BCUT2D eigenvalue weighted by Crippen LogP contribution is -2.48. The van der Waals surface area contributed by atoms with E-state index < -0.39 is 0 Å². The van der Waals surface area contributed by atoms with Crippen molar-refractivity contribution in [2.75, 3.05) is 66.0 Å². The van der Waals surface area contributed by atoms with Gasteiger partial charge in [-0.25, -0.2) is 0 Å². The summed E-state index contributed by atoms with van der Waals surface area (Å²) in [6, 6.07) is 7.67. The third-order valence-electron chi connectivity index (χ3n) is 7.65. The van der Waals surface area contributed by atoms with Crippen LogP contribution >= 0.6 is 0 Å². The maximum Gasteiger partial charge on any atom is 0.270 e. The molecule has 3 heterocycles. The fraction of sp³-hybridized carbons (Fsp3) is 0.615. The average Bonchev–Trinajstić information content (AvgIpc) is 3.31. The van der Waals surface area contributed by atoms with E-state index in [1.807, 2.05) is 36.1 Å². The molecule has 0 saturated carbocycles. The number of carbonyl (C=O) groups excluding carboxylic acids is 2. The Balaban J connectivity index is 1.21. The van der Waals surface area contributed by atoms with Gasteiger partial charge in [-0.05, 0) is 43.5 Å². The number of amides is 2. The van der Waals surface area contributed by atoms with Crippen molar-refractivity contribution >= 4 is 22.7 Å². The fourth-order valence-electron chi connectivity index (χ4n) is 5.16. The Bertz CT molecular complexity index is 974. The highest BCUT2D eigenvalue weighted by Gasteiger charge is 2.30. The van der Waals surface area contributed by atoms with Gasteiger partial charge >= 0.3 is 0 Å². The number of piperidine rings is 1. The Morgan fingerprint density at radius 2 is 1.79 bits per heavy atom. The number of aromatic nitrogens is 1. The fourth-order valence-corrected chi connectivity index (χ4v) is 5.16. The largest absolute Gasteiger partial charge is 0.497 e. The van der Waals surface area contributed by atoms with E-state index in [9.17, 15) is 9.59 Å². The topological polar surface area (TPSA) is 80.9 Å². The molecule has 8 nitrogen and oxygen atoms in total. The van der Waals surface area contributed by atoms with Crippen LogP contribution in [0.1, 0.15) is 37.2 Å². The zero-order valence-electron chi connectivity index (χ0n) is 20.8. The molecule has 2 N–H and O–H groups in total. The van der Waals surface area contributed by atoms with Crippen LogP contribution in [0.2, 0.25) is 0 Å². The first-order valence-electron chi connectivity index (χ1n) is 12.7. The predicted molar refractivity (Wildman–Crippen MR) is 134 cm³/mol. The van der Waals surface area contributed by atoms with Gasteiger partial charge in [0.1, 0.15) is 11.4 Å². The van der Waals surface area contributed by atoms with Gasteiger partial charge in [0.25, 0.3) is 5.91 Å². The van der Waals surface area contributed by atoms with Crippen LogP contribution in [0.3, 0.4) is 0 Å². The molecule has 0 radical (unpaired) electrons. The lowest BCUT2D eigenvalue weighted by Gasteiger charge is -2.35. The molecule has 1 aromatic carbocycles. The monoisotopic (exact) mass is 469 g/mol. The number of H-pyrrole nitrogens is 1. The third kappa shape index (κ3) is 5.73. The summed E-state index contributed by atoms with van der Waals surface area (Å²) in [6.07, 6.45) is 1.71. The molecule has 1 unspecified atom stereocenters. The van der Waals surface area contributed by atoms with E-state index in [0.717, 1.165) is 68.8 Å². The summed E-state index contributed by atoms with van der Waals surface area (Å²) in [5.74, 6) is 1.20. The number of benzene rings is 1. The van der Waals surface area contributed by atoms with E-state index in [-0.39, 0.29) is 17.7 Å². The van der Waals surface area contributed by atoms with Crippen LogP contribution in [-0.4, -0.2) is 97.5 Å². The second-order valence-electron chi connectivity index (χ2n) is 9.62. The van der Waals surface area contributed by atoms with Crippen molar-refractivity contribution in [3.8, 4) is 5.75 Å². The molecular formula is C26H39N5O3. The lowest BCUT2D eigenvalue weighted by atomic mass is 9.84. The van der Waals surface area contributed by atoms with Crippen molar-refractivity contribution in [1.29, 1.82) is 0 Å². The van der Waals surface area contributed by atoms with Crippen LogP contribution in [-0.2, 0) is 4.79 Å². The number of nitrogens with one attached hydrogen (secondary N) is 2. The van der Waals surface area contributed by atoms with Crippen LogP contribution in [0.4, 0.5) is 0 Å². The molecule has 2 amide bonds. The van der Waals surface area contributed by atoms with E-state index in [1.54, 1.807) is 7.11 Å². The smallest absolute Gasteiger partial charge is 0.270 e. The van der Waals surface area contributed by atoms with Crippen molar-refractivity contribution in [3.63, 3.8) is 0 Å². The van der Waals surface area contributed by atoms with E-state index in [2.05, 4.69) is 27.0 Å². The molecule has 1 aromatic heterocycles. The quantitative estimate of drug-likeness (QED) is 0.621. The van der Waals surface area contributed by atoms with Crippen LogP contribution in [0.5, 0.6) is 5.75 Å². The number of hydrogen-bond donors (Lipinski definition) is 2. The molecule has 0 bridgehead atoms. The van der Waals surface area contributed by atoms with Crippen molar-refractivity contribution in [2.45, 2.75) is 26.7 Å². The zero-order chi connectivity index (χ0) is 24.1. The minimum atomic E-state index is -0.0327. The highest BCUT2D eigenvalue weighted by Crippen LogP contribution is 2.27. The summed E-state index contributed by atoms with van der Waals surface area (Å²) in [4.78, 5) is 35.8. The van der Waals surface area contributed by atoms with Gasteiger partial charge in [0.15, 0.2) is 0 Å². The standard InChI is InChI=1S/C26H39N5O3/c1-4-29-13-15-30(16-14-29)12-9-27-25(32)19(2)20-7-10-31(11-8-20)26(33)24-17-21-5-6-22(34-3)18-23(21)28-24/h5-6,17-20,28H,4,7-16H2,1-3H3,(H,27,32).